The molecular weight excluding hydrogens is 353 g/mol. The van der Waals surface area contributed by atoms with E-state index in [1.54, 1.807) is 4.90 Å². The monoisotopic (exact) mass is 379 g/mol. The molecule has 1 fully saturated rings. The average Bonchev–Trinajstić information content (AvgIpc) is 3.06. The van der Waals surface area contributed by atoms with Gasteiger partial charge in [-0.05, 0) is 44.5 Å². The number of nitrogens with one attached hydrogen (secondary N) is 1. The molecule has 8 heteroatoms. The van der Waals surface area contributed by atoms with E-state index in [2.05, 4.69) is 5.32 Å². The Kier molecular flexibility index (Phi) is 7.29. The number of nitrogens with zero attached hydrogens (tertiary/aromatic N) is 2. The van der Waals surface area contributed by atoms with Crippen LogP contribution in [-0.2, 0) is 14.3 Å². The molecule has 0 spiro atoms. The smallest absolute Gasteiger partial charge is 0.254 e. The summed E-state index contributed by atoms with van der Waals surface area (Å²) in [5, 5.41) is 2.80. The number of ether oxygens (including phenoxy) is 1. The highest BCUT2D eigenvalue weighted by Gasteiger charge is 2.41. The fourth-order valence-corrected chi connectivity index (χ4v) is 3.30. The number of likely N-dealkylation sites (N-methyl/N-ethyl adjacent to an activating group) is 1. The average molecular weight is 379 g/mol. The van der Waals surface area contributed by atoms with Crippen molar-refractivity contribution >= 4 is 17.7 Å². The second kappa shape index (κ2) is 9.45. The lowest BCUT2D eigenvalue weighted by Crippen LogP contribution is -2.47. The fraction of sp³-hybridized carbons (Fsp3) is 0.526. The third kappa shape index (κ3) is 5.03. The van der Waals surface area contributed by atoms with Crippen molar-refractivity contribution < 1.29 is 23.5 Å². The van der Waals surface area contributed by atoms with Crippen LogP contribution in [0.2, 0.25) is 0 Å². The van der Waals surface area contributed by atoms with E-state index >= 15 is 0 Å². The van der Waals surface area contributed by atoms with Crippen molar-refractivity contribution in [2.75, 3.05) is 33.4 Å². The molecule has 1 aliphatic rings. The van der Waals surface area contributed by atoms with E-state index in [1.165, 1.54) is 36.3 Å². The van der Waals surface area contributed by atoms with Crippen molar-refractivity contribution in [3.63, 3.8) is 0 Å². The molecule has 148 valence electrons. The normalized spacial score (nSPS) is 19.0. The Labute approximate surface area is 158 Å². The zero-order valence-electron chi connectivity index (χ0n) is 15.9. The van der Waals surface area contributed by atoms with Crippen molar-refractivity contribution in [2.45, 2.75) is 32.4 Å². The molecule has 1 N–H and O–H groups in total. The minimum atomic E-state index is -0.671. The number of hydrogen-bond donors (Lipinski definition) is 1. The lowest BCUT2D eigenvalue weighted by Gasteiger charge is -2.28. The molecule has 0 aliphatic carbocycles. The Bertz CT molecular complexity index is 676. The van der Waals surface area contributed by atoms with Crippen LogP contribution in [0.15, 0.2) is 24.3 Å². The van der Waals surface area contributed by atoms with Gasteiger partial charge in [-0.1, -0.05) is 0 Å². The van der Waals surface area contributed by atoms with Gasteiger partial charge in [0.15, 0.2) is 0 Å². The molecule has 27 heavy (non-hydrogen) atoms. The molecule has 0 unspecified atom stereocenters. The number of benzene rings is 1. The molecule has 3 amide bonds. The summed E-state index contributed by atoms with van der Waals surface area (Å²) in [6.07, 6.45) is 0.331. The van der Waals surface area contributed by atoms with Gasteiger partial charge in [0, 0.05) is 38.3 Å². The highest BCUT2D eigenvalue weighted by atomic mass is 19.1. The van der Waals surface area contributed by atoms with Crippen LogP contribution < -0.4 is 5.32 Å². The number of rotatable bonds is 7. The summed E-state index contributed by atoms with van der Waals surface area (Å²) < 4.78 is 18.0. The first-order chi connectivity index (χ1) is 12.9. The van der Waals surface area contributed by atoms with Crippen LogP contribution in [0.5, 0.6) is 0 Å². The van der Waals surface area contributed by atoms with E-state index in [9.17, 15) is 18.8 Å². The van der Waals surface area contributed by atoms with Gasteiger partial charge >= 0.3 is 0 Å². The molecule has 2 atom stereocenters. The predicted octanol–water partition coefficient (Wildman–Crippen LogP) is 1.04. The number of hydrogen-bond acceptors (Lipinski definition) is 4. The summed E-state index contributed by atoms with van der Waals surface area (Å²) in [6, 6.07) is 4.20. The Balaban J connectivity index is 2.23. The summed E-state index contributed by atoms with van der Waals surface area (Å²) in [5.41, 5.74) is 0.303. The van der Waals surface area contributed by atoms with Gasteiger partial charge in [-0.2, -0.15) is 0 Å². The van der Waals surface area contributed by atoms with Crippen molar-refractivity contribution in [2.24, 2.45) is 0 Å². The standard InChI is InChI=1S/C19H26FN3O4/c1-4-22(5-2)19(26)16-10-15(21-17(24)12-27-3)11-23(16)18(25)13-6-8-14(20)9-7-13/h6-9,15-16H,4-5,10-12H2,1-3H3,(H,21,24)/t15-,16+/m1/s1. The predicted molar refractivity (Wildman–Crippen MR) is 97.6 cm³/mol. The van der Waals surface area contributed by atoms with E-state index < -0.39 is 11.9 Å². The molecule has 0 saturated carbocycles. The van der Waals surface area contributed by atoms with Gasteiger partial charge in [-0.15, -0.1) is 0 Å². The molecule has 1 aromatic rings. The van der Waals surface area contributed by atoms with Gasteiger partial charge in [0.1, 0.15) is 18.5 Å². The second-order valence-electron chi connectivity index (χ2n) is 6.42. The van der Waals surface area contributed by atoms with Crippen molar-refractivity contribution in [3.8, 4) is 0 Å². The Morgan fingerprint density at radius 3 is 2.41 bits per heavy atom. The zero-order chi connectivity index (χ0) is 20.0. The third-order valence-corrected chi connectivity index (χ3v) is 4.65. The molecule has 7 nitrogen and oxygen atoms in total. The third-order valence-electron chi connectivity index (χ3n) is 4.65. The first-order valence-electron chi connectivity index (χ1n) is 9.04. The number of carbonyl (C=O) groups excluding carboxylic acids is 3. The first kappa shape index (κ1) is 20.8. The second-order valence-corrected chi connectivity index (χ2v) is 6.42. The fourth-order valence-electron chi connectivity index (χ4n) is 3.30. The summed E-state index contributed by atoms with van der Waals surface area (Å²) >= 11 is 0. The van der Waals surface area contributed by atoms with Crippen LogP contribution >= 0.6 is 0 Å². The zero-order valence-corrected chi connectivity index (χ0v) is 15.9. The Morgan fingerprint density at radius 1 is 1.22 bits per heavy atom. The largest absolute Gasteiger partial charge is 0.375 e. The van der Waals surface area contributed by atoms with E-state index in [-0.39, 0.29) is 36.9 Å². The highest BCUT2D eigenvalue weighted by molar-refractivity contribution is 5.98. The lowest BCUT2D eigenvalue weighted by molar-refractivity contribution is -0.135. The quantitative estimate of drug-likeness (QED) is 0.768. The van der Waals surface area contributed by atoms with E-state index in [0.29, 0.717) is 25.1 Å². The van der Waals surface area contributed by atoms with Crippen LogP contribution in [0.1, 0.15) is 30.6 Å². The van der Waals surface area contributed by atoms with Crippen molar-refractivity contribution in [3.05, 3.63) is 35.6 Å². The maximum Gasteiger partial charge on any atom is 0.254 e. The Morgan fingerprint density at radius 2 is 1.85 bits per heavy atom. The van der Waals surface area contributed by atoms with Crippen molar-refractivity contribution in [1.29, 1.82) is 0 Å². The van der Waals surface area contributed by atoms with Crippen LogP contribution in [0.3, 0.4) is 0 Å². The van der Waals surface area contributed by atoms with E-state index in [0.717, 1.165) is 0 Å². The summed E-state index contributed by atoms with van der Waals surface area (Å²) in [7, 11) is 1.42. The maximum absolute atomic E-state index is 13.2. The summed E-state index contributed by atoms with van der Waals surface area (Å²) in [5.74, 6) is -1.25. The summed E-state index contributed by atoms with van der Waals surface area (Å²) in [6.45, 7) is 4.94. The van der Waals surface area contributed by atoms with Crippen LogP contribution in [0, 0.1) is 5.82 Å². The molecule has 0 bridgehead atoms. The molecule has 2 rings (SSSR count). The van der Waals surface area contributed by atoms with E-state index in [1.807, 2.05) is 13.8 Å². The van der Waals surface area contributed by atoms with Gasteiger partial charge < -0.3 is 19.9 Å². The minimum Gasteiger partial charge on any atom is -0.375 e. The van der Waals surface area contributed by atoms with Gasteiger partial charge in [-0.25, -0.2) is 4.39 Å². The topological polar surface area (TPSA) is 79.0 Å². The maximum atomic E-state index is 13.2. The number of halogens is 1. The molecular formula is C19H26FN3O4. The van der Waals surface area contributed by atoms with Gasteiger partial charge in [0.2, 0.25) is 11.8 Å². The van der Waals surface area contributed by atoms with Gasteiger partial charge in [0.25, 0.3) is 5.91 Å². The lowest BCUT2D eigenvalue weighted by atomic mass is 10.1. The number of likely N-dealkylation sites (tertiary alicyclic amines) is 1. The molecule has 1 aliphatic heterocycles. The number of methoxy groups -OCH3 is 1. The van der Waals surface area contributed by atoms with Crippen molar-refractivity contribution in [1.82, 2.24) is 15.1 Å². The number of carbonyl (C=O) groups is 3. The first-order valence-corrected chi connectivity index (χ1v) is 9.04. The summed E-state index contributed by atoms with van der Waals surface area (Å²) in [4.78, 5) is 40.8. The minimum absolute atomic E-state index is 0.0862. The molecule has 1 saturated heterocycles. The van der Waals surface area contributed by atoms with Crippen LogP contribution in [-0.4, -0.2) is 73.0 Å². The Hall–Kier alpha value is -2.48. The molecule has 1 heterocycles. The molecule has 0 radical (unpaired) electrons. The van der Waals surface area contributed by atoms with E-state index in [4.69, 9.17) is 4.74 Å². The highest BCUT2D eigenvalue weighted by Crippen LogP contribution is 2.23. The van der Waals surface area contributed by atoms with Crippen LogP contribution in [0.25, 0.3) is 0 Å². The van der Waals surface area contributed by atoms with Gasteiger partial charge in [0.05, 0.1) is 0 Å². The van der Waals surface area contributed by atoms with Crippen LogP contribution in [0.4, 0.5) is 4.39 Å². The molecule has 0 aromatic heterocycles. The van der Waals surface area contributed by atoms with Gasteiger partial charge in [-0.3, -0.25) is 14.4 Å². The SMILES string of the molecule is CCN(CC)C(=O)[C@@H]1C[C@@H](NC(=O)COC)CN1C(=O)c1ccc(F)cc1. The molecule has 1 aromatic carbocycles. The number of amides is 3.